The van der Waals surface area contributed by atoms with Gasteiger partial charge in [-0.1, -0.05) is 43.3 Å². The van der Waals surface area contributed by atoms with Crippen LogP contribution in [0, 0.1) is 6.92 Å². The van der Waals surface area contributed by atoms with Crippen molar-refractivity contribution in [3.63, 3.8) is 0 Å². The number of aliphatic imine (C=N–C) groups is 1. The number of hydrogen-bond acceptors (Lipinski definition) is 2. The number of fused-ring (bicyclic) bond motifs is 1. The Labute approximate surface area is 155 Å². The van der Waals surface area contributed by atoms with Gasteiger partial charge in [-0.15, -0.1) is 0 Å². The molecule has 0 saturated carbocycles. The number of hydrogen-bond donors (Lipinski definition) is 2. The van der Waals surface area contributed by atoms with E-state index >= 15 is 0 Å². The topological polar surface area (TPSA) is 54.2 Å². The number of aryl methyl sites for hydroxylation is 2. The molecule has 0 aliphatic heterocycles. The molecule has 0 bridgehead atoms. The van der Waals surface area contributed by atoms with Crippen molar-refractivity contribution in [2.24, 2.45) is 4.99 Å². The summed E-state index contributed by atoms with van der Waals surface area (Å²) in [5.41, 5.74) is 4.90. The van der Waals surface area contributed by atoms with Gasteiger partial charge in [0.1, 0.15) is 5.82 Å². The predicted molar refractivity (Wildman–Crippen MR) is 108 cm³/mol. The highest BCUT2D eigenvalue weighted by atomic mass is 15.2. The Hall–Kier alpha value is -2.82. The van der Waals surface area contributed by atoms with E-state index in [1.165, 1.54) is 16.6 Å². The Bertz CT molecular complexity index is 894. The van der Waals surface area contributed by atoms with E-state index in [9.17, 15) is 0 Å². The number of aromatic nitrogens is 2. The van der Waals surface area contributed by atoms with E-state index in [0.29, 0.717) is 0 Å². The van der Waals surface area contributed by atoms with Crippen molar-refractivity contribution in [3.8, 4) is 0 Å². The lowest BCUT2D eigenvalue weighted by atomic mass is 10.1. The van der Waals surface area contributed by atoms with Crippen LogP contribution in [0.2, 0.25) is 0 Å². The molecule has 0 atom stereocenters. The van der Waals surface area contributed by atoms with Crippen LogP contribution >= 0.6 is 0 Å². The first-order valence-electron chi connectivity index (χ1n) is 9.16. The van der Waals surface area contributed by atoms with Crippen LogP contribution in [0.3, 0.4) is 0 Å². The van der Waals surface area contributed by atoms with Crippen molar-refractivity contribution in [3.05, 3.63) is 65.5 Å². The SMILES string of the molecule is CCc1ccccc1CNC(=NC)NCCn1c(C)nc2ccccc21. The Morgan fingerprint density at radius 1 is 1.04 bits per heavy atom. The third-order valence-corrected chi connectivity index (χ3v) is 4.64. The van der Waals surface area contributed by atoms with Crippen molar-refractivity contribution < 1.29 is 0 Å². The largest absolute Gasteiger partial charge is 0.355 e. The van der Waals surface area contributed by atoms with E-state index in [-0.39, 0.29) is 0 Å². The first-order valence-corrected chi connectivity index (χ1v) is 9.16. The summed E-state index contributed by atoms with van der Waals surface area (Å²) in [6, 6.07) is 16.8. The standard InChI is InChI=1S/C21H27N5/c1-4-17-9-5-6-10-18(17)15-24-21(22-3)23-13-14-26-16(2)25-19-11-7-8-12-20(19)26/h5-12H,4,13-15H2,1-3H3,(H2,22,23,24). The number of rotatable bonds is 6. The monoisotopic (exact) mass is 349 g/mol. The maximum Gasteiger partial charge on any atom is 0.191 e. The summed E-state index contributed by atoms with van der Waals surface area (Å²) in [5, 5.41) is 6.80. The molecule has 0 saturated heterocycles. The van der Waals surface area contributed by atoms with Crippen LogP contribution in [0.25, 0.3) is 11.0 Å². The normalized spacial score (nSPS) is 11.7. The summed E-state index contributed by atoms with van der Waals surface area (Å²) in [4.78, 5) is 8.95. The zero-order chi connectivity index (χ0) is 18.4. The fourth-order valence-corrected chi connectivity index (χ4v) is 3.24. The summed E-state index contributed by atoms with van der Waals surface area (Å²) in [6.07, 6.45) is 1.04. The molecule has 0 aliphatic carbocycles. The molecule has 2 N–H and O–H groups in total. The van der Waals surface area contributed by atoms with Crippen molar-refractivity contribution in [1.29, 1.82) is 0 Å². The first-order chi connectivity index (χ1) is 12.7. The van der Waals surface area contributed by atoms with E-state index in [2.05, 4.69) is 81.5 Å². The maximum absolute atomic E-state index is 4.62. The summed E-state index contributed by atoms with van der Waals surface area (Å²) < 4.78 is 2.24. The van der Waals surface area contributed by atoms with Gasteiger partial charge in [-0.05, 0) is 36.6 Å². The molecule has 0 amide bonds. The number of benzene rings is 2. The van der Waals surface area contributed by atoms with Crippen molar-refractivity contribution in [1.82, 2.24) is 20.2 Å². The molecule has 0 fully saturated rings. The molecule has 0 aliphatic rings. The van der Waals surface area contributed by atoms with Crippen LogP contribution in [0.1, 0.15) is 23.9 Å². The van der Waals surface area contributed by atoms with Crippen molar-refractivity contribution in [2.45, 2.75) is 33.4 Å². The molecule has 1 heterocycles. The molecule has 1 aromatic heterocycles. The first kappa shape index (κ1) is 18.0. The van der Waals surface area contributed by atoms with Crippen LogP contribution in [0.15, 0.2) is 53.5 Å². The second-order valence-electron chi connectivity index (χ2n) is 6.27. The van der Waals surface area contributed by atoms with Crippen LogP contribution in [0.4, 0.5) is 0 Å². The predicted octanol–water partition coefficient (Wildman–Crippen LogP) is 3.27. The molecule has 3 rings (SSSR count). The zero-order valence-electron chi connectivity index (χ0n) is 15.8. The molecule has 0 radical (unpaired) electrons. The molecule has 5 nitrogen and oxygen atoms in total. The molecule has 3 aromatic rings. The third-order valence-electron chi connectivity index (χ3n) is 4.64. The summed E-state index contributed by atoms with van der Waals surface area (Å²) in [5.74, 6) is 1.85. The Morgan fingerprint density at radius 2 is 1.77 bits per heavy atom. The molecular formula is C21H27N5. The number of guanidine groups is 1. The molecular weight excluding hydrogens is 322 g/mol. The number of para-hydroxylation sites is 2. The number of imidazole rings is 1. The quantitative estimate of drug-likeness (QED) is 0.530. The summed E-state index contributed by atoms with van der Waals surface area (Å²) in [7, 11) is 1.80. The highest BCUT2D eigenvalue weighted by molar-refractivity contribution is 5.79. The highest BCUT2D eigenvalue weighted by Gasteiger charge is 2.07. The minimum Gasteiger partial charge on any atom is -0.355 e. The van der Waals surface area contributed by atoms with Crippen molar-refractivity contribution in [2.75, 3.05) is 13.6 Å². The van der Waals surface area contributed by atoms with Crippen LogP contribution in [-0.2, 0) is 19.5 Å². The Balaban J connectivity index is 1.57. The zero-order valence-corrected chi connectivity index (χ0v) is 15.8. The molecule has 5 heteroatoms. The van der Waals surface area contributed by atoms with Gasteiger partial charge >= 0.3 is 0 Å². The second kappa shape index (κ2) is 8.52. The van der Waals surface area contributed by atoms with E-state index in [1.54, 1.807) is 7.05 Å². The minimum atomic E-state index is 0.775. The smallest absolute Gasteiger partial charge is 0.191 e. The van der Waals surface area contributed by atoms with Crippen molar-refractivity contribution >= 4 is 17.0 Å². The minimum absolute atomic E-state index is 0.775. The molecule has 0 unspecified atom stereocenters. The lowest BCUT2D eigenvalue weighted by molar-refractivity contribution is 0.659. The summed E-state index contributed by atoms with van der Waals surface area (Å²) in [6.45, 7) is 6.64. The van der Waals surface area contributed by atoms with Gasteiger partial charge in [0.15, 0.2) is 5.96 Å². The van der Waals surface area contributed by atoms with E-state index in [0.717, 1.165) is 43.4 Å². The van der Waals surface area contributed by atoms with Gasteiger partial charge in [0.2, 0.25) is 0 Å². The van der Waals surface area contributed by atoms with Gasteiger partial charge in [-0.25, -0.2) is 4.98 Å². The van der Waals surface area contributed by atoms with Gasteiger partial charge < -0.3 is 15.2 Å². The Kier molecular flexibility index (Phi) is 5.89. The van der Waals surface area contributed by atoms with Gasteiger partial charge in [-0.3, -0.25) is 4.99 Å². The van der Waals surface area contributed by atoms with Gasteiger partial charge in [0, 0.05) is 26.7 Å². The maximum atomic E-state index is 4.62. The van der Waals surface area contributed by atoms with E-state index in [1.807, 2.05) is 6.07 Å². The number of nitrogens with one attached hydrogen (secondary N) is 2. The number of nitrogens with zero attached hydrogens (tertiary/aromatic N) is 3. The molecule has 2 aromatic carbocycles. The van der Waals surface area contributed by atoms with Gasteiger partial charge in [-0.2, -0.15) is 0 Å². The van der Waals surface area contributed by atoms with E-state index < -0.39 is 0 Å². The van der Waals surface area contributed by atoms with Crippen LogP contribution < -0.4 is 10.6 Å². The fourth-order valence-electron chi connectivity index (χ4n) is 3.24. The van der Waals surface area contributed by atoms with Crippen LogP contribution in [0.5, 0.6) is 0 Å². The van der Waals surface area contributed by atoms with Crippen LogP contribution in [-0.4, -0.2) is 29.1 Å². The van der Waals surface area contributed by atoms with E-state index in [4.69, 9.17) is 0 Å². The van der Waals surface area contributed by atoms with Gasteiger partial charge in [0.05, 0.1) is 11.0 Å². The lowest BCUT2D eigenvalue weighted by Crippen LogP contribution is -2.38. The van der Waals surface area contributed by atoms with Gasteiger partial charge in [0.25, 0.3) is 0 Å². The molecule has 0 spiro atoms. The highest BCUT2D eigenvalue weighted by Crippen LogP contribution is 2.14. The average Bonchev–Trinajstić information content (AvgIpc) is 3.00. The Morgan fingerprint density at radius 3 is 2.54 bits per heavy atom. The molecule has 26 heavy (non-hydrogen) atoms. The third kappa shape index (κ3) is 4.04. The average molecular weight is 349 g/mol. The lowest BCUT2D eigenvalue weighted by Gasteiger charge is -2.14. The molecule has 136 valence electrons. The summed E-state index contributed by atoms with van der Waals surface area (Å²) >= 11 is 0. The fraction of sp³-hybridized carbons (Fsp3) is 0.333. The second-order valence-corrected chi connectivity index (χ2v) is 6.27.